The average Bonchev–Trinajstić information content (AvgIpc) is 2.45. The largest absolute Gasteiger partial charge is 0.493 e. The molecule has 0 fully saturated rings. The summed E-state index contributed by atoms with van der Waals surface area (Å²) in [5, 5.41) is 9.02. The van der Waals surface area contributed by atoms with Gasteiger partial charge in [0.05, 0.1) is 12.7 Å². The van der Waals surface area contributed by atoms with E-state index in [1.54, 1.807) is 24.3 Å². The van der Waals surface area contributed by atoms with Gasteiger partial charge in [-0.05, 0) is 61.0 Å². The quantitative estimate of drug-likeness (QED) is 0.700. The van der Waals surface area contributed by atoms with Crippen LogP contribution < -0.4 is 4.74 Å². The lowest BCUT2D eigenvalue weighted by atomic mass is 10.0. The monoisotopic (exact) mass is 298 g/mol. The van der Waals surface area contributed by atoms with Crippen LogP contribution in [0.2, 0.25) is 0 Å². The number of hydrogen-bond acceptors (Lipinski definition) is 3. The Bertz CT molecular complexity index is 403. The summed E-state index contributed by atoms with van der Waals surface area (Å²) in [4.78, 5) is 10.9. The molecule has 3 nitrogen and oxygen atoms in total. The smallest absolute Gasteiger partial charge is 0.252 e. The van der Waals surface area contributed by atoms with Gasteiger partial charge < -0.3 is 9.84 Å². The zero-order chi connectivity index (χ0) is 15.0. The Morgan fingerprint density at radius 2 is 1.95 bits per heavy atom. The minimum absolute atomic E-state index is 0.177. The molecule has 0 aliphatic rings. The van der Waals surface area contributed by atoms with Crippen molar-refractivity contribution >= 4 is 16.8 Å². The van der Waals surface area contributed by atoms with Crippen LogP contribution in [0.1, 0.15) is 49.9 Å². The van der Waals surface area contributed by atoms with Gasteiger partial charge in [0.2, 0.25) is 0 Å². The first-order valence-electron chi connectivity index (χ1n) is 7.13. The highest BCUT2D eigenvalue weighted by Crippen LogP contribution is 2.16. The Kier molecular flexibility index (Phi) is 7.63. The van der Waals surface area contributed by atoms with E-state index < -0.39 is 5.24 Å². The van der Waals surface area contributed by atoms with E-state index in [4.69, 9.17) is 16.3 Å². The van der Waals surface area contributed by atoms with Crippen LogP contribution in [0.5, 0.6) is 5.75 Å². The first-order valence-corrected chi connectivity index (χ1v) is 7.51. The molecule has 0 radical (unpaired) electrons. The molecule has 112 valence electrons. The van der Waals surface area contributed by atoms with Crippen LogP contribution in [-0.2, 0) is 0 Å². The van der Waals surface area contributed by atoms with Gasteiger partial charge >= 0.3 is 0 Å². The molecule has 0 saturated heterocycles. The summed E-state index contributed by atoms with van der Waals surface area (Å²) >= 11 is 5.38. The van der Waals surface area contributed by atoms with E-state index >= 15 is 0 Å². The zero-order valence-corrected chi connectivity index (χ0v) is 12.9. The van der Waals surface area contributed by atoms with Crippen LogP contribution in [0.4, 0.5) is 0 Å². The number of aliphatic hydroxyl groups excluding tert-OH is 1. The molecule has 0 bridgehead atoms. The maximum absolute atomic E-state index is 10.9. The lowest BCUT2D eigenvalue weighted by molar-refractivity contribution is 0.108. The van der Waals surface area contributed by atoms with Gasteiger partial charge in [-0.3, -0.25) is 4.79 Å². The summed E-state index contributed by atoms with van der Waals surface area (Å²) in [5.74, 6) is 1.18. The molecule has 0 aromatic heterocycles. The van der Waals surface area contributed by atoms with Crippen LogP contribution in [0, 0.1) is 5.92 Å². The fraction of sp³-hybridized carbons (Fsp3) is 0.562. The van der Waals surface area contributed by atoms with Gasteiger partial charge in [0, 0.05) is 5.56 Å². The van der Waals surface area contributed by atoms with Crippen LogP contribution in [0.25, 0.3) is 0 Å². The lowest BCUT2D eigenvalue weighted by Gasteiger charge is -2.14. The summed E-state index contributed by atoms with van der Waals surface area (Å²) in [6, 6.07) is 6.83. The first-order chi connectivity index (χ1) is 9.52. The molecule has 20 heavy (non-hydrogen) atoms. The predicted octanol–water partition coefficient (Wildman–Crippen LogP) is 4.02. The Labute approximate surface area is 125 Å². The summed E-state index contributed by atoms with van der Waals surface area (Å²) in [7, 11) is 0. The average molecular weight is 299 g/mol. The number of ether oxygens (including phenoxy) is 1. The van der Waals surface area contributed by atoms with Gasteiger partial charge in [0.15, 0.2) is 0 Å². The van der Waals surface area contributed by atoms with E-state index in [1.807, 2.05) is 6.92 Å². The summed E-state index contributed by atoms with van der Waals surface area (Å²) < 4.78 is 5.67. The third kappa shape index (κ3) is 6.40. The van der Waals surface area contributed by atoms with Crippen molar-refractivity contribution in [1.29, 1.82) is 0 Å². The maximum atomic E-state index is 10.9. The van der Waals surface area contributed by atoms with E-state index in [-0.39, 0.29) is 6.10 Å². The van der Waals surface area contributed by atoms with Gasteiger partial charge in [-0.1, -0.05) is 20.3 Å². The van der Waals surface area contributed by atoms with Crippen molar-refractivity contribution < 1.29 is 14.6 Å². The van der Waals surface area contributed by atoms with Crippen molar-refractivity contribution in [3.05, 3.63) is 29.8 Å². The molecule has 0 aliphatic heterocycles. The zero-order valence-electron chi connectivity index (χ0n) is 12.1. The number of carbonyl (C=O) groups excluding carboxylic acids is 1. The molecule has 0 heterocycles. The highest BCUT2D eigenvalue weighted by atomic mass is 35.5. The first kappa shape index (κ1) is 17.0. The molecule has 1 aromatic rings. The van der Waals surface area contributed by atoms with Gasteiger partial charge in [0.1, 0.15) is 5.75 Å². The Morgan fingerprint density at radius 1 is 1.30 bits per heavy atom. The SMILES string of the molecule is CCC(O)CCCC(C)COc1ccc(C(=O)Cl)cc1. The van der Waals surface area contributed by atoms with E-state index in [9.17, 15) is 9.90 Å². The highest BCUT2D eigenvalue weighted by Gasteiger charge is 2.07. The topological polar surface area (TPSA) is 46.5 Å². The molecule has 1 rings (SSSR count). The van der Waals surface area contributed by atoms with Crippen LogP contribution in [0.15, 0.2) is 24.3 Å². The number of carbonyl (C=O) groups is 1. The molecule has 4 heteroatoms. The second kappa shape index (κ2) is 8.98. The number of aliphatic hydroxyl groups is 1. The normalized spacial score (nSPS) is 13.8. The number of rotatable bonds is 9. The molecule has 0 saturated carbocycles. The van der Waals surface area contributed by atoms with E-state index in [0.717, 1.165) is 31.4 Å². The second-order valence-electron chi connectivity index (χ2n) is 5.21. The minimum atomic E-state index is -0.459. The molecule has 0 spiro atoms. The second-order valence-corrected chi connectivity index (χ2v) is 5.55. The summed E-state index contributed by atoms with van der Waals surface area (Å²) in [6.45, 7) is 4.76. The summed E-state index contributed by atoms with van der Waals surface area (Å²) in [6.07, 6.45) is 3.54. The third-order valence-corrected chi connectivity index (χ3v) is 3.54. The van der Waals surface area contributed by atoms with Crippen molar-refractivity contribution in [2.75, 3.05) is 6.61 Å². The number of halogens is 1. The molecule has 1 aromatic carbocycles. The van der Waals surface area contributed by atoms with Crippen molar-refractivity contribution in [2.45, 2.75) is 45.6 Å². The molecular formula is C16H23ClO3. The molecular weight excluding hydrogens is 276 g/mol. The summed E-state index contributed by atoms with van der Waals surface area (Å²) in [5.41, 5.74) is 0.473. The number of hydrogen-bond donors (Lipinski definition) is 1. The van der Waals surface area contributed by atoms with Crippen molar-refractivity contribution in [3.63, 3.8) is 0 Å². The Hall–Kier alpha value is -1.06. The van der Waals surface area contributed by atoms with E-state index in [2.05, 4.69) is 6.92 Å². The van der Waals surface area contributed by atoms with Crippen LogP contribution in [-0.4, -0.2) is 23.1 Å². The molecule has 0 aliphatic carbocycles. The van der Waals surface area contributed by atoms with Gasteiger partial charge in [-0.15, -0.1) is 0 Å². The third-order valence-electron chi connectivity index (χ3n) is 3.32. The predicted molar refractivity (Wildman–Crippen MR) is 81.4 cm³/mol. The van der Waals surface area contributed by atoms with Crippen molar-refractivity contribution in [1.82, 2.24) is 0 Å². The molecule has 2 atom stereocenters. The van der Waals surface area contributed by atoms with Crippen LogP contribution >= 0.6 is 11.6 Å². The lowest BCUT2D eigenvalue weighted by Crippen LogP contribution is -2.10. The molecule has 2 unspecified atom stereocenters. The van der Waals surface area contributed by atoms with Gasteiger partial charge in [0.25, 0.3) is 5.24 Å². The van der Waals surface area contributed by atoms with E-state index in [1.165, 1.54) is 0 Å². The Balaban J connectivity index is 2.26. The minimum Gasteiger partial charge on any atom is -0.493 e. The van der Waals surface area contributed by atoms with Gasteiger partial charge in [-0.2, -0.15) is 0 Å². The van der Waals surface area contributed by atoms with Crippen molar-refractivity contribution in [2.24, 2.45) is 5.92 Å². The maximum Gasteiger partial charge on any atom is 0.252 e. The fourth-order valence-electron chi connectivity index (χ4n) is 1.91. The molecule has 0 amide bonds. The Morgan fingerprint density at radius 3 is 2.50 bits per heavy atom. The fourth-order valence-corrected chi connectivity index (χ4v) is 2.04. The van der Waals surface area contributed by atoms with E-state index in [0.29, 0.717) is 18.1 Å². The van der Waals surface area contributed by atoms with Crippen molar-refractivity contribution in [3.8, 4) is 5.75 Å². The van der Waals surface area contributed by atoms with Gasteiger partial charge in [-0.25, -0.2) is 0 Å². The van der Waals surface area contributed by atoms with Crippen LogP contribution in [0.3, 0.4) is 0 Å². The number of benzene rings is 1. The standard InChI is InChI=1S/C16H23ClO3/c1-3-14(18)6-4-5-12(2)11-20-15-9-7-13(8-10-15)16(17)19/h7-10,12,14,18H,3-6,11H2,1-2H3. The highest BCUT2D eigenvalue weighted by molar-refractivity contribution is 6.67. The molecule has 1 N–H and O–H groups in total.